The first kappa shape index (κ1) is 16.1. The highest BCUT2D eigenvalue weighted by molar-refractivity contribution is 5.62. The first-order chi connectivity index (χ1) is 9.69. The Morgan fingerprint density at radius 2 is 2.00 bits per heavy atom. The van der Waals surface area contributed by atoms with Gasteiger partial charge in [-0.25, -0.2) is 0 Å². The lowest BCUT2D eigenvalue weighted by Gasteiger charge is -2.42. The Kier molecular flexibility index (Phi) is 4.49. The van der Waals surface area contributed by atoms with Crippen LogP contribution in [0.4, 0.5) is 5.69 Å². The summed E-state index contributed by atoms with van der Waals surface area (Å²) in [6.07, 6.45) is -0.647. The van der Waals surface area contributed by atoms with Gasteiger partial charge in [-0.1, -0.05) is 19.9 Å². The number of hydrogen-bond donors (Lipinski definition) is 2. The van der Waals surface area contributed by atoms with Gasteiger partial charge >= 0.3 is 0 Å². The highest BCUT2D eigenvalue weighted by Crippen LogP contribution is 2.39. The average Bonchev–Trinajstić information content (AvgIpc) is 2.35. The summed E-state index contributed by atoms with van der Waals surface area (Å²) in [4.78, 5) is 2.35. The Morgan fingerprint density at radius 1 is 1.33 bits per heavy atom. The maximum atomic E-state index is 10.2. The van der Waals surface area contributed by atoms with Crippen LogP contribution in [0.1, 0.15) is 46.3 Å². The van der Waals surface area contributed by atoms with Crippen LogP contribution in [0.25, 0.3) is 0 Å². The molecule has 4 heteroatoms. The SMILES string of the molecule is CC(C)CN1CC(C)(C)Oc2ccc(C(O)C(C)N)cc21. The number of aliphatic hydroxyl groups excluding tert-OH is 1. The summed E-state index contributed by atoms with van der Waals surface area (Å²) in [5.74, 6) is 1.45. The molecule has 0 aliphatic carbocycles. The monoisotopic (exact) mass is 292 g/mol. The van der Waals surface area contributed by atoms with Crippen LogP contribution in [0.3, 0.4) is 0 Å². The second kappa shape index (κ2) is 5.85. The second-order valence-electron chi connectivity index (χ2n) is 7.17. The number of aliphatic hydroxyl groups is 1. The van der Waals surface area contributed by atoms with Gasteiger partial charge in [-0.15, -0.1) is 0 Å². The van der Waals surface area contributed by atoms with Gasteiger partial charge in [-0.2, -0.15) is 0 Å². The highest BCUT2D eigenvalue weighted by atomic mass is 16.5. The fourth-order valence-electron chi connectivity index (χ4n) is 2.83. The lowest BCUT2D eigenvalue weighted by Crippen LogP contribution is -2.48. The van der Waals surface area contributed by atoms with Crippen LogP contribution < -0.4 is 15.4 Å². The summed E-state index contributed by atoms with van der Waals surface area (Å²) < 4.78 is 6.07. The number of ether oxygens (including phenoxy) is 1. The predicted molar refractivity (Wildman–Crippen MR) is 86.8 cm³/mol. The molecule has 1 aromatic carbocycles. The summed E-state index contributed by atoms with van der Waals surface area (Å²) in [5, 5.41) is 10.2. The molecule has 0 saturated heterocycles. The van der Waals surface area contributed by atoms with E-state index in [-0.39, 0.29) is 11.6 Å². The average molecular weight is 292 g/mol. The van der Waals surface area contributed by atoms with Crippen molar-refractivity contribution in [3.05, 3.63) is 23.8 Å². The zero-order valence-corrected chi connectivity index (χ0v) is 13.8. The van der Waals surface area contributed by atoms with Gasteiger partial charge in [0.15, 0.2) is 0 Å². The molecule has 3 N–H and O–H groups in total. The van der Waals surface area contributed by atoms with Gasteiger partial charge in [-0.3, -0.25) is 0 Å². The number of anilines is 1. The molecular weight excluding hydrogens is 264 g/mol. The van der Waals surface area contributed by atoms with E-state index in [1.165, 1.54) is 0 Å². The lowest BCUT2D eigenvalue weighted by atomic mass is 9.99. The van der Waals surface area contributed by atoms with Crippen molar-refractivity contribution in [2.45, 2.75) is 52.4 Å². The van der Waals surface area contributed by atoms with Crippen molar-refractivity contribution >= 4 is 5.69 Å². The van der Waals surface area contributed by atoms with Crippen molar-refractivity contribution in [3.8, 4) is 5.75 Å². The Labute approximate surface area is 127 Å². The van der Waals surface area contributed by atoms with Crippen LogP contribution in [0.5, 0.6) is 5.75 Å². The largest absolute Gasteiger partial charge is 0.484 e. The summed E-state index contributed by atoms with van der Waals surface area (Å²) >= 11 is 0. The normalized spacial score (nSPS) is 19.9. The summed E-state index contributed by atoms with van der Waals surface area (Å²) in [6, 6.07) is 5.58. The maximum Gasteiger partial charge on any atom is 0.143 e. The van der Waals surface area contributed by atoms with Crippen LogP contribution >= 0.6 is 0 Å². The molecule has 0 radical (unpaired) electrons. The van der Waals surface area contributed by atoms with Gasteiger partial charge in [0.05, 0.1) is 18.3 Å². The molecule has 0 spiro atoms. The molecule has 0 amide bonds. The van der Waals surface area contributed by atoms with Crippen molar-refractivity contribution in [3.63, 3.8) is 0 Å². The van der Waals surface area contributed by atoms with E-state index in [2.05, 4.69) is 32.6 Å². The Morgan fingerprint density at radius 3 is 2.57 bits per heavy atom. The number of fused-ring (bicyclic) bond motifs is 1. The first-order valence-corrected chi connectivity index (χ1v) is 7.71. The van der Waals surface area contributed by atoms with Gasteiger partial charge < -0.3 is 20.5 Å². The van der Waals surface area contributed by atoms with Gasteiger partial charge in [0.1, 0.15) is 11.4 Å². The number of benzene rings is 1. The molecule has 2 rings (SSSR count). The summed E-state index contributed by atoms with van der Waals surface area (Å²) in [6.45, 7) is 12.3. The predicted octanol–water partition coefficient (Wildman–Crippen LogP) is 2.70. The number of nitrogens with zero attached hydrogens (tertiary/aromatic N) is 1. The fraction of sp³-hybridized carbons (Fsp3) is 0.647. The summed E-state index contributed by atoms with van der Waals surface area (Å²) in [7, 11) is 0. The molecule has 21 heavy (non-hydrogen) atoms. The van der Waals surface area contributed by atoms with E-state index in [1.807, 2.05) is 25.1 Å². The molecule has 0 fully saturated rings. The molecule has 2 unspecified atom stereocenters. The molecule has 0 bridgehead atoms. The van der Waals surface area contributed by atoms with Gasteiger partial charge in [0, 0.05) is 12.6 Å². The van der Waals surface area contributed by atoms with E-state index in [4.69, 9.17) is 10.5 Å². The zero-order valence-electron chi connectivity index (χ0n) is 13.8. The van der Waals surface area contributed by atoms with Gasteiger partial charge in [0.2, 0.25) is 0 Å². The van der Waals surface area contributed by atoms with Crippen LogP contribution in [0.15, 0.2) is 18.2 Å². The van der Waals surface area contributed by atoms with Crippen LogP contribution in [0.2, 0.25) is 0 Å². The lowest BCUT2D eigenvalue weighted by molar-refractivity contribution is 0.104. The van der Waals surface area contributed by atoms with E-state index in [1.54, 1.807) is 0 Å². The third kappa shape index (κ3) is 3.69. The van der Waals surface area contributed by atoms with E-state index in [9.17, 15) is 5.11 Å². The van der Waals surface area contributed by atoms with E-state index >= 15 is 0 Å². The third-order valence-electron chi connectivity index (χ3n) is 3.71. The van der Waals surface area contributed by atoms with E-state index < -0.39 is 6.10 Å². The fourth-order valence-corrected chi connectivity index (χ4v) is 2.83. The zero-order chi connectivity index (χ0) is 15.8. The van der Waals surface area contributed by atoms with Crippen molar-refractivity contribution in [1.82, 2.24) is 0 Å². The molecule has 118 valence electrons. The minimum Gasteiger partial charge on any atom is -0.484 e. The van der Waals surface area contributed by atoms with Crippen molar-refractivity contribution in [2.24, 2.45) is 11.7 Å². The molecule has 4 nitrogen and oxygen atoms in total. The number of hydrogen-bond acceptors (Lipinski definition) is 4. The highest BCUT2D eigenvalue weighted by Gasteiger charge is 2.32. The summed E-state index contributed by atoms with van der Waals surface area (Å²) in [5.41, 5.74) is 7.51. The van der Waals surface area contributed by atoms with Crippen molar-refractivity contribution in [2.75, 3.05) is 18.0 Å². The Balaban J connectivity index is 2.38. The second-order valence-corrected chi connectivity index (χ2v) is 7.17. The van der Waals surface area contributed by atoms with Crippen LogP contribution in [-0.2, 0) is 0 Å². The Hall–Kier alpha value is -1.26. The topological polar surface area (TPSA) is 58.7 Å². The smallest absolute Gasteiger partial charge is 0.143 e. The van der Waals surface area contributed by atoms with Gasteiger partial charge in [0.25, 0.3) is 0 Å². The number of rotatable bonds is 4. The molecule has 1 aromatic rings. The van der Waals surface area contributed by atoms with Gasteiger partial charge in [-0.05, 0) is 44.4 Å². The third-order valence-corrected chi connectivity index (χ3v) is 3.71. The molecule has 2 atom stereocenters. The molecule has 0 saturated carbocycles. The number of nitrogens with two attached hydrogens (primary N) is 1. The molecule has 1 heterocycles. The minimum absolute atomic E-state index is 0.205. The molecule has 0 aromatic heterocycles. The van der Waals surface area contributed by atoms with Crippen LogP contribution in [-0.4, -0.2) is 29.8 Å². The molecule has 1 aliphatic rings. The van der Waals surface area contributed by atoms with E-state index in [0.717, 1.165) is 30.1 Å². The van der Waals surface area contributed by atoms with E-state index in [0.29, 0.717) is 5.92 Å². The molecular formula is C17H28N2O2. The first-order valence-electron chi connectivity index (χ1n) is 7.71. The van der Waals surface area contributed by atoms with Crippen molar-refractivity contribution in [1.29, 1.82) is 0 Å². The maximum absolute atomic E-state index is 10.2. The molecule has 1 aliphatic heterocycles. The quantitative estimate of drug-likeness (QED) is 0.896. The minimum atomic E-state index is -0.647. The Bertz CT molecular complexity index is 498. The van der Waals surface area contributed by atoms with Crippen LogP contribution in [0, 0.1) is 5.92 Å². The standard InChI is InChI=1S/C17H28N2O2/c1-11(2)9-19-10-17(4,5)21-15-7-6-13(8-14(15)19)16(20)12(3)18/h6-8,11-12,16,20H,9-10,18H2,1-5H3. The van der Waals surface area contributed by atoms with Crippen molar-refractivity contribution < 1.29 is 9.84 Å².